The summed E-state index contributed by atoms with van der Waals surface area (Å²) in [5, 5.41) is 7.63. The molecule has 2 heterocycles. The summed E-state index contributed by atoms with van der Waals surface area (Å²) in [7, 11) is 0. The summed E-state index contributed by atoms with van der Waals surface area (Å²) in [6, 6.07) is 1.66. The molecule has 2 amide bonds. The second kappa shape index (κ2) is 6.84. The lowest BCUT2D eigenvalue weighted by Gasteiger charge is -2.45. The van der Waals surface area contributed by atoms with Crippen molar-refractivity contribution in [3.8, 4) is 0 Å². The number of thiophene rings is 1. The monoisotopic (exact) mass is 349 g/mol. The zero-order chi connectivity index (χ0) is 17.3. The van der Waals surface area contributed by atoms with Gasteiger partial charge in [0, 0.05) is 18.0 Å². The molecule has 5 nitrogen and oxygen atoms in total. The number of hydrogen-bond acceptors (Lipinski definition) is 4. The zero-order valence-electron chi connectivity index (χ0n) is 14.5. The molecule has 1 aliphatic heterocycles. The Balaban J connectivity index is 1.87. The molecule has 0 aromatic carbocycles. The Bertz CT molecular complexity index is 589. The van der Waals surface area contributed by atoms with Crippen molar-refractivity contribution in [2.24, 2.45) is 11.1 Å². The van der Waals surface area contributed by atoms with Gasteiger partial charge in [-0.3, -0.25) is 14.6 Å². The Morgan fingerprint density at radius 2 is 2.00 bits per heavy atom. The SMILES string of the molecule is CC1(C)CCC(N(C(=O)c2ccsc2)N2CCC[C@H]2C(N)=O)CC1. The van der Waals surface area contributed by atoms with Crippen molar-refractivity contribution < 1.29 is 9.59 Å². The van der Waals surface area contributed by atoms with Gasteiger partial charge in [0.05, 0.1) is 5.56 Å². The third kappa shape index (κ3) is 3.49. The number of nitrogens with zero attached hydrogens (tertiary/aromatic N) is 2. The van der Waals surface area contributed by atoms with Crippen LogP contribution < -0.4 is 5.73 Å². The number of rotatable bonds is 4. The highest BCUT2D eigenvalue weighted by Crippen LogP contribution is 2.38. The first-order valence-electron chi connectivity index (χ1n) is 8.81. The third-order valence-electron chi connectivity index (χ3n) is 5.46. The summed E-state index contributed by atoms with van der Waals surface area (Å²) in [4.78, 5) is 25.0. The summed E-state index contributed by atoms with van der Waals surface area (Å²) >= 11 is 1.52. The summed E-state index contributed by atoms with van der Waals surface area (Å²) < 4.78 is 0. The van der Waals surface area contributed by atoms with E-state index in [1.807, 2.05) is 26.8 Å². The number of hydrogen-bond donors (Lipinski definition) is 1. The molecular formula is C18H27N3O2S. The van der Waals surface area contributed by atoms with Gasteiger partial charge in [0.2, 0.25) is 5.91 Å². The van der Waals surface area contributed by atoms with Gasteiger partial charge in [-0.2, -0.15) is 11.3 Å². The summed E-state index contributed by atoms with van der Waals surface area (Å²) in [6.07, 6.45) is 5.79. The highest BCUT2D eigenvalue weighted by atomic mass is 32.1. The lowest BCUT2D eigenvalue weighted by molar-refractivity contribution is -0.130. The van der Waals surface area contributed by atoms with E-state index in [9.17, 15) is 9.59 Å². The van der Waals surface area contributed by atoms with Crippen LogP contribution >= 0.6 is 11.3 Å². The van der Waals surface area contributed by atoms with Crippen molar-refractivity contribution in [3.05, 3.63) is 22.4 Å². The number of amides is 2. The Labute approximate surface area is 147 Å². The van der Waals surface area contributed by atoms with E-state index in [2.05, 4.69) is 13.8 Å². The first-order chi connectivity index (χ1) is 11.4. The lowest BCUT2D eigenvalue weighted by atomic mass is 9.75. The van der Waals surface area contributed by atoms with Gasteiger partial charge >= 0.3 is 0 Å². The Hall–Kier alpha value is -1.40. The van der Waals surface area contributed by atoms with Crippen molar-refractivity contribution in [2.75, 3.05) is 6.54 Å². The molecule has 132 valence electrons. The molecule has 2 aliphatic rings. The number of carbonyl (C=O) groups is 2. The molecule has 2 N–H and O–H groups in total. The van der Waals surface area contributed by atoms with Gasteiger partial charge in [-0.25, -0.2) is 5.01 Å². The minimum atomic E-state index is -0.359. The van der Waals surface area contributed by atoms with Crippen molar-refractivity contribution in [1.29, 1.82) is 0 Å². The molecule has 0 bridgehead atoms. The van der Waals surface area contributed by atoms with E-state index >= 15 is 0 Å². The van der Waals surface area contributed by atoms with Crippen molar-refractivity contribution in [3.63, 3.8) is 0 Å². The third-order valence-corrected chi connectivity index (χ3v) is 6.14. The van der Waals surface area contributed by atoms with Crippen LogP contribution in [0, 0.1) is 5.41 Å². The van der Waals surface area contributed by atoms with Crippen LogP contribution in [0.1, 0.15) is 62.7 Å². The lowest BCUT2D eigenvalue weighted by Crippen LogP contribution is -2.57. The summed E-state index contributed by atoms with van der Waals surface area (Å²) in [5.41, 5.74) is 6.64. The van der Waals surface area contributed by atoms with Crippen LogP contribution in [0.4, 0.5) is 0 Å². The molecule has 1 saturated carbocycles. The quantitative estimate of drug-likeness (QED) is 0.908. The predicted octanol–water partition coefficient (Wildman–Crippen LogP) is 3.02. The van der Waals surface area contributed by atoms with Gasteiger partial charge in [-0.1, -0.05) is 13.8 Å². The first-order valence-corrected chi connectivity index (χ1v) is 9.75. The fourth-order valence-corrected chi connectivity index (χ4v) is 4.57. The number of nitrogens with two attached hydrogens (primary N) is 1. The van der Waals surface area contributed by atoms with Crippen molar-refractivity contribution in [2.45, 2.75) is 64.5 Å². The number of carbonyl (C=O) groups excluding carboxylic acids is 2. The van der Waals surface area contributed by atoms with Gasteiger partial charge in [-0.05, 0) is 55.4 Å². The van der Waals surface area contributed by atoms with Crippen LogP contribution in [-0.4, -0.2) is 40.5 Å². The second-order valence-electron chi connectivity index (χ2n) is 7.78. The minimum absolute atomic E-state index is 0.00843. The van der Waals surface area contributed by atoms with Gasteiger partial charge < -0.3 is 5.73 Å². The van der Waals surface area contributed by atoms with E-state index in [1.54, 1.807) is 0 Å². The average molecular weight is 350 g/mol. The van der Waals surface area contributed by atoms with E-state index < -0.39 is 0 Å². The predicted molar refractivity (Wildman–Crippen MR) is 95.4 cm³/mol. The van der Waals surface area contributed by atoms with E-state index in [0.717, 1.165) is 45.1 Å². The smallest absolute Gasteiger partial charge is 0.269 e. The molecule has 6 heteroatoms. The average Bonchev–Trinajstić information content (AvgIpc) is 3.19. The molecule has 0 unspecified atom stereocenters. The van der Waals surface area contributed by atoms with E-state index in [4.69, 9.17) is 5.73 Å². The molecule has 1 atom stereocenters. The van der Waals surface area contributed by atoms with Crippen LogP contribution in [0.5, 0.6) is 0 Å². The first kappa shape index (κ1) is 17.4. The van der Waals surface area contributed by atoms with Gasteiger partial charge in [-0.15, -0.1) is 0 Å². The normalized spacial score (nSPS) is 24.8. The maximum atomic E-state index is 13.2. The van der Waals surface area contributed by atoms with Crippen molar-refractivity contribution >= 4 is 23.2 Å². The molecule has 1 aliphatic carbocycles. The Morgan fingerprint density at radius 3 is 2.58 bits per heavy atom. The second-order valence-corrected chi connectivity index (χ2v) is 8.56. The number of hydrazine groups is 1. The maximum Gasteiger partial charge on any atom is 0.269 e. The standard InChI is InChI=1S/C18H27N3O2S/c1-18(2)8-5-14(6-9-18)21(17(23)13-7-11-24-12-13)20-10-3-4-15(20)16(19)22/h7,11-12,14-15H,3-6,8-10H2,1-2H3,(H2,19,22)/t15-/m0/s1. The minimum Gasteiger partial charge on any atom is -0.368 e. The Kier molecular flexibility index (Phi) is 4.97. The fourth-order valence-electron chi connectivity index (χ4n) is 3.94. The van der Waals surface area contributed by atoms with Crippen LogP contribution in [0.15, 0.2) is 16.8 Å². The Morgan fingerprint density at radius 1 is 1.29 bits per heavy atom. The molecule has 3 rings (SSSR count). The van der Waals surface area contributed by atoms with Gasteiger partial charge in [0.25, 0.3) is 5.91 Å². The molecule has 0 spiro atoms. The topological polar surface area (TPSA) is 66.6 Å². The maximum absolute atomic E-state index is 13.2. The molecule has 1 aromatic rings. The molecule has 24 heavy (non-hydrogen) atoms. The van der Waals surface area contributed by atoms with Crippen LogP contribution in [0.3, 0.4) is 0 Å². The van der Waals surface area contributed by atoms with Gasteiger partial charge in [0.1, 0.15) is 6.04 Å². The number of primary amides is 1. The van der Waals surface area contributed by atoms with Gasteiger partial charge in [0.15, 0.2) is 0 Å². The van der Waals surface area contributed by atoms with Crippen molar-refractivity contribution in [1.82, 2.24) is 10.0 Å². The van der Waals surface area contributed by atoms with E-state index in [0.29, 0.717) is 11.0 Å². The fraction of sp³-hybridized carbons (Fsp3) is 0.667. The molecule has 1 aromatic heterocycles. The van der Waals surface area contributed by atoms with Crippen LogP contribution in [-0.2, 0) is 4.79 Å². The zero-order valence-corrected chi connectivity index (χ0v) is 15.3. The molecule has 0 radical (unpaired) electrons. The summed E-state index contributed by atoms with van der Waals surface area (Å²) in [6.45, 7) is 5.30. The summed E-state index contributed by atoms with van der Waals surface area (Å²) in [5.74, 6) is -0.319. The molecular weight excluding hydrogens is 322 g/mol. The highest BCUT2D eigenvalue weighted by molar-refractivity contribution is 7.08. The largest absolute Gasteiger partial charge is 0.368 e. The van der Waals surface area contributed by atoms with Crippen LogP contribution in [0.25, 0.3) is 0 Å². The van der Waals surface area contributed by atoms with Crippen LogP contribution in [0.2, 0.25) is 0 Å². The highest BCUT2D eigenvalue weighted by Gasteiger charge is 2.41. The molecule has 1 saturated heterocycles. The molecule has 2 fully saturated rings. The van der Waals surface area contributed by atoms with E-state index in [1.165, 1.54) is 11.3 Å². The van der Waals surface area contributed by atoms with E-state index in [-0.39, 0.29) is 23.9 Å².